The summed E-state index contributed by atoms with van der Waals surface area (Å²) in [5, 5.41) is 7.27. The monoisotopic (exact) mass is 497 g/mol. The van der Waals surface area contributed by atoms with Crippen molar-refractivity contribution in [1.29, 1.82) is 0 Å². The van der Waals surface area contributed by atoms with Crippen molar-refractivity contribution in [2.75, 3.05) is 10.2 Å². The summed E-state index contributed by atoms with van der Waals surface area (Å²) in [5.74, 6) is 1.29. The molecular formula is C27H24FN7O2. The largest absolute Gasteiger partial charge is 0.484 e. The number of rotatable bonds is 4. The predicted molar refractivity (Wildman–Crippen MR) is 133 cm³/mol. The van der Waals surface area contributed by atoms with Crippen LogP contribution in [0.1, 0.15) is 59.4 Å². The molecule has 186 valence electrons. The number of nitrogens with zero attached hydrogens (tertiary/aromatic N) is 6. The van der Waals surface area contributed by atoms with Gasteiger partial charge in [-0.2, -0.15) is 5.10 Å². The molecule has 3 aliphatic rings. The Labute approximate surface area is 212 Å². The van der Waals surface area contributed by atoms with E-state index >= 15 is 0 Å². The molecule has 9 nitrogen and oxygen atoms in total. The van der Waals surface area contributed by atoms with Gasteiger partial charge in [0.25, 0.3) is 0 Å². The fourth-order valence-corrected chi connectivity index (χ4v) is 5.26. The minimum absolute atomic E-state index is 0.226. The molecule has 1 unspecified atom stereocenters. The average molecular weight is 498 g/mol. The number of amides is 2. The molecule has 7 rings (SSSR count). The van der Waals surface area contributed by atoms with E-state index in [1.165, 1.54) is 12.4 Å². The number of aryl methyl sites for hydroxylation is 2. The number of anilines is 2. The maximum atomic E-state index is 14.4. The van der Waals surface area contributed by atoms with Gasteiger partial charge in [0.15, 0.2) is 5.82 Å². The van der Waals surface area contributed by atoms with Crippen LogP contribution in [0.4, 0.5) is 20.6 Å². The predicted octanol–water partition coefficient (Wildman–Crippen LogP) is 5.00. The molecule has 1 aliphatic carbocycles. The number of carbonyl (C=O) groups is 1. The van der Waals surface area contributed by atoms with Gasteiger partial charge in [0.2, 0.25) is 0 Å². The number of pyridine rings is 2. The van der Waals surface area contributed by atoms with Crippen LogP contribution in [0.5, 0.6) is 5.75 Å². The van der Waals surface area contributed by atoms with Crippen LogP contribution in [0, 0.1) is 12.7 Å². The van der Waals surface area contributed by atoms with Gasteiger partial charge in [0.05, 0.1) is 23.6 Å². The SMILES string of the molecule is Cc1cc2c(cc1N1Cc3c(cc(-n4cncn4)nc3C3CC3)NC1=O)OC(c1ncccc1F)CC2. The van der Waals surface area contributed by atoms with Gasteiger partial charge in [0, 0.05) is 29.8 Å². The summed E-state index contributed by atoms with van der Waals surface area (Å²) < 4.78 is 22.2. The number of fused-ring (bicyclic) bond motifs is 2. The van der Waals surface area contributed by atoms with Crippen LogP contribution in [-0.4, -0.2) is 30.8 Å². The number of urea groups is 1. The normalized spacial score (nSPS) is 18.6. The molecule has 4 aromatic rings. The molecule has 0 bridgehead atoms. The van der Waals surface area contributed by atoms with E-state index in [1.807, 2.05) is 19.1 Å². The summed E-state index contributed by atoms with van der Waals surface area (Å²) in [7, 11) is 0. The van der Waals surface area contributed by atoms with E-state index in [-0.39, 0.29) is 11.8 Å². The number of carbonyl (C=O) groups excluding carboxylic acids is 1. The van der Waals surface area contributed by atoms with Crippen molar-refractivity contribution >= 4 is 17.4 Å². The molecule has 2 aliphatic heterocycles. The van der Waals surface area contributed by atoms with Crippen molar-refractivity contribution < 1.29 is 13.9 Å². The third kappa shape index (κ3) is 3.80. The number of benzene rings is 1. The van der Waals surface area contributed by atoms with Gasteiger partial charge in [0.1, 0.15) is 36.0 Å². The van der Waals surface area contributed by atoms with E-state index in [9.17, 15) is 9.18 Å². The Balaban J connectivity index is 1.24. The highest BCUT2D eigenvalue weighted by Gasteiger charge is 2.35. The number of hydrogen-bond donors (Lipinski definition) is 1. The van der Waals surface area contributed by atoms with E-state index in [1.54, 1.807) is 28.2 Å². The summed E-state index contributed by atoms with van der Waals surface area (Å²) >= 11 is 0. The van der Waals surface area contributed by atoms with Crippen LogP contribution in [0.25, 0.3) is 5.82 Å². The lowest BCUT2D eigenvalue weighted by Gasteiger charge is -2.33. The number of ether oxygens (including phenoxy) is 1. The maximum absolute atomic E-state index is 14.4. The number of nitrogens with one attached hydrogen (secondary N) is 1. The Hall–Kier alpha value is -4.34. The third-order valence-electron chi connectivity index (χ3n) is 7.27. The fraction of sp³-hybridized carbons (Fsp3) is 0.296. The first-order valence-corrected chi connectivity index (χ1v) is 12.4. The van der Waals surface area contributed by atoms with Crippen molar-refractivity contribution in [2.24, 2.45) is 0 Å². The lowest BCUT2D eigenvalue weighted by molar-refractivity contribution is 0.167. The van der Waals surface area contributed by atoms with Crippen molar-refractivity contribution in [3.63, 3.8) is 0 Å². The van der Waals surface area contributed by atoms with Crippen molar-refractivity contribution in [3.8, 4) is 11.6 Å². The quantitative estimate of drug-likeness (QED) is 0.426. The highest BCUT2D eigenvalue weighted by atomic mass is 19.1. The summed E-state index contributed by atoms with van der Waals surface area (Å²) in [6.07, 6.45) is 7.70. The van der Waals surface area contributed by atoms with E-state index in [4.69, 9.17) is 9.72 Å². The van der Waals surface area contributed by atoms with Crippen LogP contribution < -0.4 is 15.0 Å². The first-order chi connectivity index (χ1) is 18.0. The summed E-state index contributed by atoms with van der Waals surface area (Å²) in [5.41, 5.74) is 5.84. The van der Waals surface area contributed by atoms with Gasteiger partial charge in [-0.15, -0.1) is 0 Å². The summed E-state index contributed by atoms with van der Waals surface area (Å²) in [6, 6.07) is 8.56. The van der Waals surface area contributed by atoms with Gasteiger partial charge in [-0.25, -0.2) is 23.8 Å². The fourth-order valence-electron chi connectivity index (χ4n) is 5.26. The Morgan fingerprint density at radius 3 is 2.84 bits per heavy atom. The van der Waals surface area contributed by atoms with Crippen LogP contribution in [0.15, 0.2) is 49.2 Å². The number of hydrogen-bond acceptors (Lipinski definition) is 6. The minimum atomic E-state index is -0.471. The number of aromatic nitrogens is 5. The highest BCUT2D eigenvalue weighted by molar-refractivity contribution is 6.05. The van der Waals surface area contributed by atoms with Crippen molar-refractivity contribution in [2.45, 2.75) is 51.2 Å². The van der Waals surface area contributed by atoms with Crippen LogP contribution in [0.3, 0.4) is 0 Å². The van der Waals surface area contributed by atoms with E-state index in [0.717, 1.165) is 53.0 Å². The Morgan fingerprint density at radius 2 is 2.05 bits per heavy atom. The molecule has 1 fully saturated rings. The molecule has 3 aromatic heterocycles. The second kappa shape index (κ2) is 8.36. The van der Waals surface area contributed by atoms with E-state index in [2.05, 4.69) is 26.4 Å². The lowest BCUT2D eigenvalue weighted by atomic mass is 9.96. The van der Waals surface area contributed by atoms with Gasteiger partial charge in [-0.3, -0.25) is 9.88 Å². The van der Waals surface area contributed by atoms with Crippen LogP contribution in [-0.2, 0) is 13.0 Å². The average Bonchev–Trinajstić information content (AvgIpc) is 3.60. The number of halogens is 1. The molecule has 2 amide bonds. The summed E-state index contributed by atoms with van der Waals surface area (Å²) in [6.45, 7) is 2.40. The first-order valence-electron chi connectivity index (χ1n) is 12.4. The molecule has 1 N–H and O–H groups in total. The second-order valence-corrected chi connectivity index (χ2v) is 9.78. The zero-order valence-electron chi connectivity index (χ0n) is 20.2. The van der Waals surface area contributed by atoms with Gasteiger partial charge >= 0.3 is 6.03 Å². The molecule has 0 saturated heterocycles. The molecule has 0 spiro atoms. The Kier molecular flexibility index (Phi) is 4.95. The first kappa shape index (κ1) is 21.9. The molecule has 1 saturated carbocycles. The van der Waals surface area contributed by atoms with Gasteiger partial charge in [-0.05, 0) is 55.9 Å². The Morgan fingerprint density at radius 1 is 1.16 bits per heavy atom. The van der Waals surface area contributed by atoms with E-state index < -0.39 is 6.10 Å². The maximum Gasteiger partial charge on any atom is 0.326 e. The molecule has 0 radical (unpaired) electrons. The van der Waals surface area contributed by atoms with Crippen molar-refractivity contribution in [1.82, 2.24) is 24.7 Å². The van der Waals surface area contributed by atoms with Gasteiger partial charge in [-0.1, -0.05) is 6.07 Å². The summed E-state index contributed by atoms with van der Waals surface area (Å²) in [4.78, 5) is 28.2. The zero-order chi connectivity index (χ0) is 25.1. The molecule has 10 heteroatoms. The van der Waals surface area contributed by atoms with E-state index in [0.29, 0.717) is 36.1 Å². The second-order valence-electron chi connectivity index (χ2n) is 9.78. The lowest BCUT2D eigenvalue weighted by Crippen LogP contribution is -2.40. The molecule has 1 aromatic carbocycles. The molecule has 1 atom stereocenters. The topological polar surface area (TPSA) is 98.1 Å². The smallest absolute Gasteiger partial charge is 0.326 e. The Bertz CT molecular complexity index is 1530. The molecule has 37 heavy (non-hydrogen) atoms. The molecule has 5 heterocycles. The third-order valence-corrected chi connectivity index (χ3v) is 7.27. The van der Waals surface area contributed by atoms with Gasteiger partial charge < -0.3 is 10.1 Å². The van der Waals surface area contributed by atoms with Crippen molar-refractivity contribution in [3.05, 3.63) is 83.1 Å². The standard InChI is InChI=1S/C27H24FN7O2/c1-15-9-17-6-7-22(26-19(28)3-2-8-30-26)37-23(17)11-21(15)34-12-18-20(32-27(34)36)10-24(35-14-29-13-31-35)33-25(18)16-4-5-16/h2-3,8-11,13-14,16,22H,4-7,12H2,1H3,(H,32,36). The highest BCUT2D eigenvalue weighted by Crippen LogP contribution is 2.45. The van der Waals surface area contributed by atoms with Crippen LogP contribution >= 0.6 is 0 Å². The molecular weight excluding hydrogens is 473 g/mol. The zero-order valence-corrected chi connectivity index (χ0v) is 20.2. The van der Waals surface area contributed by atoms with Crippen LogP contribution in [0.2, 0.25) is 0 Å². The minimum Gasteiger partial charge on any atom is -0.484 e.